The van der Waals surface area contributed by atoms with Crippen molar-refractivity contribution in [1.82, 2.24) is 20.5 Å². The number of anilines is 1. The molecule has 0 aliphatic carbocycles. The Hall–Kier alpha value is -2.33. The zero-order chi connectivity index (χ0) is 22.8. The molecule has 3 aromatic rings. The van der Waals surface area contributed by atoms with Gasteiger partial charge in [0.25, 0.3) is 5.91 Å². The van der Waals surface area contributed by atoms with Crippen LogP contribution in [-0.4, -0.2) is 54.9 Å². The molecule has 170 valence electrons. The Morgan fingerprint density at radius 2 is 2.06 bits per heavy atom. The number of nitrogens with zero attached hydrogens (tertiary/aromatic N) is 2. The van der Waals surface area contributed by atoms with Gasteiger partial charge in [-0.05, 0) is 36.7 Å². The Balaban J connectivity index is 1.67. The van der Waals surface area contributed by atoms with Crippen LogP contribution in [-0.2, 0) is 17.8 Å². The molecular weight excluding hydrogens is 442 g/mol. The first-order valence-electron chi connectivity index (χ1n) is 10.8. The van der Waals surface area contributed by atoms with Crippen LogP contribution in [0.4, 0.5) is 5.00 Å². The number of thiophene rings is 1. The molecule has 0 bridgehead atoms. The Labute approximate surface area is 196 Å². The van der Waals surface area contributed by atoms with E-state index in [1.807, 2.05) is 18.2 Å². The molecule has 9 heteroatoms. The molecule has 4 rings (SSSR count). The monoisotopic (exact) mass is 471 g/mol. The van der Waals surface area contributed by atoms with Crippen LogP contribution in [0.5, 0.6) is 0 Å². The van der Waals surface area contributed by atoms with Crippen molar-refractivity contribution in [2.75, 3.05) is 32.5 Å². The van der Waals surface area contributed by atoms with E-state index in [4.69, 9.17) is 4.98 Å². The van der Waals surface area contributed by atoms with Gasteiger partial charge in [0.2, 0.25) is 5.91 Å². The quantitative estimate of drug-likeness (QED) is 0.489. The molecule has 0 saturated carbocycles. The summed E-state index contributed by atoms with van der Waals surface area (Å²) in [6, 6.07) is 6.02. The molecule has 0 fully saturated rings. The molecule has 3 N–H and O–H groups in total. The Bertz CT molecular complexity index is 1150. The number of fused-ring (bicyclic) bond motifs is 2. The summed E-state index contributed by atoms with van der Waals surface area (Å²) in [7, 11) is 3.49. The van der Waals surface area contributed by atoms with Crippen LogP contribution in [0.2, 0.25) is 0 Å². The summed E-state index contributed by atoms with van der Waals surface area (Å²) in [5.74, 6) is -0.0330. The summed E-state index contributed by atoms with van der Waals surface area (Å²) in [5.41, 5.74) is 3.75. The van der Waals surface area contributed by atoms with Gasteiger partial charge >= 0.3 is 0 Å². The fraction of sp³-hybridized carbons (Fsp3) is 0.435. The minimum atomic E-state index is -0.0385. The topological polar surface area (TPSA) is 86.4 Å². The third kappa shape index (κ3) is 4.85. The lowest BCUT2D eigenvalue weighted by Crippen LogP contribution is -2.27. The maximum Gasteiger partial charge on any atom is 0.253 e. The lowest BCUT2D eigenvalue weighted by Gasteiger charge is -2.13. The second-order valence-electron chi connectivity index (χ2n) is 8.44. The molecule has 2 aromatic heterocycles. The molecule has 0 saturated heterocycles. The molecule has 1 aliphatic heterocycles. The van der Waals surface area contributed by atoms with Crippen LogP contribution in [0.25, 0.3) is 20.8 Å². The van der Waals surface area contributed by atoms with Gasteiger partial charge in [-0.2, -0.15) is 0 Å². The van der Waals surface area contributed by atoms with E-state index in [0.29, 0.717) is 24.6 Å². The van der Waals surface area contributed by atoms with Gasteiger partial charge < -0.3 is 20.9 Å². The van der Waals surface area contributed by atoms with E-state index in [1.165, 1.54) is 10.4 Å². The summed E-state index contributed by atoms with van der Waals surface area (Å²) in [4.78, 5) is 32.7. The summed E-state index contributed by atoms with van der Waals surface area (Å²) in [5, 5.41) is 11.6. The van der Waals surface area contributed by atoms with Crippen molar-refractivity contribution < 1.29 is 9.59 Å². The van der Waals surface area contributed by atoms with E-state index >= 15 is 0 Å². The molecule has 1 aromatic carbocycles. The highest BCUT2D eigenvalue weighted by atomic mass is 32.1. The number of hydrogen-bond donors (Lipinski definition) is 3. The molecule has 0 spiro atoms. The molecular formula is C23H29N5O2S2. The predicted molar refractivity (Wildman–Crippen MR) is 133 cm³/mol. The lowest BCUT2D eigenvalue weighted by molar-refractivity contribution is -0.116. The lowest BCUT2D eigenvalue weighted by atomic mass is 10.0. The maximum atomic E-state index is 12.6. The van der Waals surface area contributed by atoms with Gasteiger partial charge in [0.05, 0.1) is 10.2 Å². The van der Waals surface area contributed by atoms with Crippen molar-refractivity contribution in [3.05, 3.63) is 34.2 Å². The van der Waals surface area contributed by atoms with E-state index in [-0.39, 0.29) is 11.8 Å². The number of benzene rings is 1. The SMILES string of the molecule is CC(C)NCCC(=O)Nc1sc2c(c1-c1nc3cc(C(=O)N(C)C)ccc3s1)CCNC2. The van der Waals surface area contributed by atoms with E-state index in [0.717, 1.165) is 45.3 Å². The fourth-order valence-electron chi connectivity index (χ4n) is 3.74. The third-order valence-corrected chi connectivity index (χ3v) is 7.54. The molecule has 0 atom stereocenters. The first-order valence-corrected chi connectivity index (χ1v) is 12.5. The van der Waals surface area contributed by atoms with Gasteiger partial charge in [-0.3, -0.25) is 9.59 Å². The summed E-state index contributed by atoms with van der Waals surface area (Å²) in [6.45, 7) is 6.51. The van der Waals surface area contributed by atoms with Crippen LogP contribution in [0.1, 0.15) is 41.1 Å². The Kier molecular flexibility index (Phi) is 6.90. The number of amides is 2. The number of nitrogens with one attached hydrogen (secondary N) is 3. The zero-order valence-corrected chi connectivity index (χ0v) is 20.5. The second-order valence-corrected chi connectivity index (χ2v) is 10.6. The molecule has 0 unspecified atom stereocenters. The number of hydrogen-bond acceptors (Lipinski definition) is 7. The highest BCUT2D eigenvalue weighted by Crippen LogP contribution is 2.44. The van der Waals surface area contributed by atoms with Crippen molar-refractivity contribution in [2.24, 2.45) is 0 Å². The van der Waals surface area contributed by atoms with Crippen LogP contribution in [0, 0.1) is 0 Å². The van der Waals surface area contributed by atoms with Crippen LogP contribution in [0.3, 0.4) is 0 Å². The Morgan fingerprint density at radius 1 is 1.25 bits per heavy atom. The smallest absolute Gasteiger partial charge is 0.253 e. The van der Waals surface area contributed by atoms with Gasteiger partial charge in [0.15, 0.2) is 0 Å². The largest absolute Gasteiger partial charge is 0.345 e. The highest BCUT2D eigenvalue weighted by Gasteiger charge is 2.25. The second kappa shape index (κ2) is 9.66. The van der Waals surface area contributed by atoms with E-state index in [1.54, 1.807) is 41.7 Å². The normalized spacial score (nSPS) is 13.4. The first kappa shape index (κ1) is 22.8. The van der Waals surface area contributed by atoms with E-state index in [2.05, 4.69) is 29.8 Å². The standard InChI is InChI=1S/C23H29N5O2S2/c1-13(2)25-10-8-19(29)27-22-20(15-7-9-24-12-18(15)32-22)21-26-16-11-14(23(30)28(3)4)5-6-17(16)31-21/h5-6,11,13,24-25H,7-10,12H2,1-4H3,(H,27,29). The van der Waals surface area contributed by atoms with Crippen molar-refractivity contribution >= 4 is 49.7 Å². The minimum Gasteiger partial charge on any atom is -0.345 e. The molecule has 7 nitrogen and oxygen atoms in total. The van der Waals surface area contributed by atoms with Crippen molar-refractivity contribution in [3.63, 3.8) is 0 Å². The number of rotatable bonds is 7. The van der Waals surface area contributed by atoms with E-state index in [9.17, 15) is 9.59 Å². The maximum absolute atomic E-state index is 12.6. The van der Waals surface area contributed by atoms with Gasteiger partial charge in [-0.25, -0.2) is 4.98 Å². The van der Waals surface area contributed by atoms with Gasteiger partial charge in [0.1, 0.15) is 10.0 Å². The highest BCUT2D eigenvalue weighted by molar-refractivity contribution is 7.23. The minimum absolute atomic E-state index is 0.00549. The van der Waals surface area contributed by atoms with Gasteiger partial charge in [-0.1, -0.05) is 13.8 Å². The van der Waals surface area contributed by atoms with Crippen LogP contribution >= 0.6 is 22.7 Å². The predicted octanol–water partition coefficient (Wildman–Crippen LogP) is 3.70. The van der Waals surface area contributed by atoms with Crippen molar-refractivity contribution in [1.29, 1.82) is 0 Å². The first-order chi connectivity index (χ1) is 15.3. The summed E-state index contributed by atoms with van der Waals surface area (Å²) in [6.07, 6.45) is 1.33. The average molecular weight is 472 g/mol. The summed E-state index contributed by atoms with van der Waals surface area (Å²) >= 11 is 3.24. The molecule has 2 amide bonds. The van der Waals surface area contributed by atoms with Gasteiger partial charge in [-0.15, -0.1) is 22.7 Å². The molecule has 1 aliphatic rings. The third-order valence-electron chi connectivity index (χ3n) is 5.34. The average Bonchev–Trinajstić information content (AvgIpc) is 3.32. The Morgan fingerprint density at radius 3 is 2.81 bits per heavy atom. The number of aromatic nitrogens is 1. The number of thiazole rings is 1. The van der Waals surface area contributed by atoms with Crippen LogP contribution < -0.4 is 16.0 Å². The van der Waals surface area contributed by atoms with Crippen molar-refractivity contribution in [2.45, 2.75) is 39.3 Å². The molecule has 3 heterocycles. The fourth-order valence-corrected chi connectivity index (χ4v) is 6.06. The summed E-state index contributed by atoms with van der Waals surface area (Å²) < 4.78 is 1.03. The van der Waals surface area contributed by atoms with Crippen molar-refractivity contribution in [3.8, 4) is 10.6 Å². The number of carbonyl (C=O) groups excluding carboxylic acids is 2. The van der Waals surface area contributed by atoms with Gasteiger partial charge in [0, 0.05) is 55.7 Å². The molecule has 32 heavy (non-hydrogen) atoms. The number of carbonyl (C=O) groups is 2. The van der Waals surface area contributed by atoms with Crippen LogP contribution in [0.15, 0.2) is 18.2 Å². The van der Waals surface area contributed by atoms with E-state index < -0.39 is 0 Å². The zero-order valence-electron chi connectivity index (χ0n) is 18.9. The molecule has 0 radical (unpaired) electrons.